The van der Waals surface area contributed by atoms with E-state index < -0.39 is 0 Å². The van der Waals surface area contributed by atoms with Crippen molar-refractivity contribution < 1.29 is 9.47 Å². The number of hydrogen-bond acceptors (Lipinski definition) is 6. The molecule has 0 spiro atoms. The molecule has 1 aliphatic rings. The smallest absolute Gasteiger partial charge is 0.210 e. The van der Waals surface area contributed by atoms with Gasteiger partial charge in [0.1, 0.15) is 5.75 Å². The number of nitrogens with zero attached hydrogens (tertiary/aromatic N) is 3. The van der Waals surface area contributed by atoms with E-state index in [4.69, 9.17) is 26.9 Å². The van der Waals surface area contributed by atoms with Gasteiger partial charge in [0, 0.05) is 27.3 Å². The predicted molar refractivity (Wildman–Crippen MR) is 90.2 cm³/mol. The Labute approximate surface area is 144 Å². The maximum absolute atomic E-state index is 6.18. The van der Waals surface area contributed by atoms with Gasteiger partial charge >= 0.3 is 0 Å². The Morgan fingerprint density at radius 1 is 1.35 bits per heavy atom. The topological polar surface area (TPSA) is 75.2 Å². The van der Waals surface area contributed by atoms with Crippen LogP contribution in [0.15, 0.2) is 17.3 Å². The van der Waals surface area contributed by atoms with Crippen molar-refractivity contribution in [2.75, 3.05) is 12.6 Å². The number of ether oxygens (including phenoxy) is 2. The molecule has 1 aromatic heterocycles. The number of thioether (sulfide) groups is 1. The Kier molecular flexibility index (Phi) is 4.44. The van der Waals surface area contributed by atoms with Gasteiger partial charge in [-0.3, -0.25) is 0 Å². The summed E-state index contributed by atoms with van der Waals surface area (Å²) in [7, 11) is 0. The minimum Gasteiger partial charge on any atom is -0.467 e. The number of aromatic nitrogens is 3. The molecule has 0 radical (unpaired) electrons. The van der Waals surface area contributed by atoms with Crippen LogP contribution >= 0.6 is 23.4 Å². The zero-order chi connectivity index (χ0) is 16.6. The molecule has 6 nitrogen and oxygen atoms in total. The molecule has 0 amide bonds. The maximum Gasteiger partial charge on any atom is 0.210 e. The maximum atomic E-state index is 6.18. The minimum absolute atomic E-state index is 0.157. The highest BCUT2D eigenvalue weighted by atomic mass is 35.5. The van der Waals surface area contributed by atoms with Gasteiger partial charge in [0.05, 0.1) is 6.61 Å². The molecular formula is C15H19ClN4O2S. The number of nitrogen functional groups attached to an aromatic ring is 1. The van der Waals surface area contributed by atoms with E-state index in [1.807, 2.05) is 12.1 Å². The van der Waals surface area contributed by atoms with Crippen LogP contribution in [0.5, 0.6) is 5.75 Å². The summed E-state index contributed by atoms with van der Waals surface area (Å²) >= 11 is 7.68. The first-order valence-electron chi connectivity index (χ1n) is 7.22. The number of hydrogen-bond donors (Lipinski definition) is 1. The highest BCUT2D eigenvalue weighted by molar-refractivity contribution is 7.98. The lowest BCUT2D eigenvalue weighted by molar-refractivity contribution is -0.0168. The lowest BCUT2D eigenvalue weighted by atomic mass is 9.96. The first kappa shape index (κ1) is 16.4. The van der Waals surface area contributed by atoms with E-state index in [0.717, 1.165) is 22.7 Å². The second-order valence-corrected chi connectivity index (χ2v) is 7.76. The van der Waals surface area contributed by atoms with Crippen molar-refractivity contribution in [2.24, 2.45) is 0 Å². The van der Waals surface area contributed by atoms with E-state index in [0.29, 0.717) is 22.5 Å². The summed E-state index contributed by atoms with van der Waals surface area (Å²) in [5, 5.41) is 9.71. The molecule has 2 aromatic rings. The third-order valence-electron chi connectivity index (χ3n) is 3.44. The SMILES string of the molecule is CC(C)(C)c1nnc(SCc2cc(Cl)cc3c2OCOC3)n1N. The molecule has 1 aliphatic heterocycles. The molecule has 8 heteroatoms. The molecule has 0 saturated heterocycles. The zero-order valence-corrected chi connectivity index (χ0v) is 14.9. The van der Waals surface area contributed by atoms with Gasteiger partial charge in [-0.25, -0.2) is 4.68 Å². The van der Waals surface area contributed by atoms with Crippen LogP contribution in [-0.4, -0.2) is 21.7 Å². The molecule has 23 heavy (non-hydrogen) atoms. The van der Waals surface area contributed by atoms with Crippen molar-refractivity contribution in [2.45, 2.75) is 43.7 Å². The van der Waals surface area contributed by atoms with Crippen LogP contribution in [0.1, 0.15) is 37.7 Å². The van der Waals surface area contributed by atoms with Crippen molar-refractivity contribution in [3.63, 3.8) is 0 Å². The number of fused-ring (bicyclic) bond motifs is 1. The summed E-state index contributed by atoms with van der Waals surface area (Å²) in [6.45, 7) is 6.92. The van der Waals surface area contributed by atoms with Crippen LogP contribution in [-0.2, 0) is 22.5 Å². The molecule has 0 fully saturated rings. The fraction of sp³-hybridized carbons (Fsp3) is 0.467. The molecule has 3 rings (SSSR count). The van der Waals surface area contributed by atoms with Crippen molar-refractivity contribution in [1.82, 2.24) is 14.9 Å². The summed E-state index contributed by atoms with van der Waals surface area (Å²) in [4.78, 5) is 0. The van der Waals surface area contributed by atoms with E-state index in [2.05, 4.69) is 31.0 Å². The van der Waals surface area contributed by atoms with Gasteiger partial charge in [0.2, 0.25) is 5.16 Å². The molecule has 1 aromatic carbocycles. The number of benzene rings is 1. The number of nitrogens with two attached hydrogens (primary N) is 1. The zero-order valence-electron chi connectivity index (χ0n) is 13.3. The van der Waals surface area contributed by atoms with E-state index >= 15 is 0 Å². The predicted octanol–water partition coefficient (Wildman–Crippen LogP) is 3.10. The van der Waals surface area contributed by atoms with Crippen LogP contribution in [0.3, 0.4) is 0 Å². The second-order valence-electron chi connectivity index (χ2n) is 6.38. The summed E-state index contributed by atoms with van der Waals surface area (Å²) in [6.07, 6.45) is 0. The molecule has 0 aliphatic carbocycles. The standard InChI is InChI=1S/C15H19ClN4O2S/c1-15(2,3)13-18-19-14(20(13)17)23-7-10-5-11(16)4-9-6-21-8-22-12(9)10/h4-5H,6-8,17H2,1-3H3. The lowest BCUT2D eigenvalue weighted by Gasteiger charge is -2.21. The Balaban J connectivity index is 1.82. The first-order chi connectivity index (χ1) is 10.9. The molecular weight excluding hydrogens is 336 g/mol. The molecule has 0 bridgehead atoms. The van der Waals surface area contributed by atoms with Gasteiger partial charge < -0.3 is 15.3 Å². The Hall–Kier alpha value is -1.44. The van der Waals surface area contributed by atoms with E-state index in [-0.39, 0.29) is 12.2 Å². The molecule has 2 N–H and O–H groups in total. The molecule has 0 saturated carbocycles. The van der Waals surface area contributed by atoms with Crippen LogP contribution in [0.2, 0.25) is 5.02 Å². The summed E-state index contributed by atoms with van der Waals surface area (Å²) in [5.74, 6) is 8.34. The Bertz CT molecular complexity index is 727. The van der Waals surface area contributed by atoms with E-state index in [1.165, 1.54) is 11.8 Å². The van der Waals surface area contributed by atoms with Crippen LogP contribution in [0.25, 0.3) is 0 Å². The number of halogens is 1. The second kappa shape index (κ2) is 6.22. The summed E-state index contributed by atoms with van der Waals surface area (Å²) in [5.41, 5.74) is 1.81. The third kappa shape index (κ3) is 3.41. The molecule has 0 unspecified atom stereocenters. The van der Waals surface area contributed by atoms with Crippen molar-refractivity contribution in [3.8, 4) is 5.75 Å². The monoisotopic (exact) mass is 354 g/mol. The summed E-state index contributed by atoms with van der Waals surface area (Å²) in [6, 6.07) is 3.77. The Morgan fingerprint density at radius 3 is 2.83 bits per heavy atom. The minimum atomic E-state index is -0.157. The summed E-state index contributed by atoms with van der Waals surface area (Å²) < 4.78 is 12.5. The van der Waals surface area contributed by atoms with Crippen molar-refractivity contribution in [1.29, 1.82) is 0 Å². The molecule has 2 heterocycles. The lowest BCUT2D eigenvalue weighted by Crippen LogP contribution is -2.24. The average molecular weight is 355 g/mol. The normalized spacial score (nSPS) is 14.4. The molecule has 124 valence electrons. The fourth-order valence-corrected chi connectivity index (χ4v) is 3.48. The van der Waals surface area contributed by atoms with Gasteiger partial charge in [0.15, 0.2) is 12.6 Å². The third-order valence-corrected chi connectivity index (χ3v) is 4.65. The van der Waals surface area contributed by atoms with Gasteiger partial charge in [-0.1, -0.05) is 44.1 Å². The quantitative estimate of drug-likeness (QED) is 0.674. The van der Waals surface area contributed by atoms with E-state index in [1.54, 1.807) is 4.68 Å². The first-order valence-corrected chi connectivity index (χ1v) is 8.58. The molecule has 0 atom stereocenters. The van der Waals surface area contributed by atoms with Gasteiger partial charge in [0.25, 0.3) is 0 Å². The van der Waals surface area contributed by atoms with Gasteiger partial charge in [-0.2, -0.15) is 0 Å². The Morgan fingerprint density at radius 2 is 2.13 bits per heavy atom. The fourth-order valence-electron chi connectivity index (χ4n) is 2.39. The van der Waals surface area contributed by atoms with Crippen LogP contribution < -0.4 is 10.6 Å². The number of rotatable bonds is 3. The largest absolute Gasteiger partial charge is 0.467 e. The van der Waals surface area contributed by atoms with Gasteiger partial charge in [-0.05, 0) is 12.1 Å². The van der Waals surface area contributed by atoms with E-state index in [9.17, 15) is 0 Å². The van der Waals surface area contributed by atoms with Crippen molar-refractivity contribution >= 4 is 23.4 Å². The highest BCUT2D eigenvalue weighted by Crippen LogP contribution is 2.35. The van der Waals surface area contributed by atoms with Crippen LogP contribution in [0.4, 0.5) is 0 Å². The van der Waals surface area contributed by atoms with Crippen molar-refractivity contribution in [3.05, 3.63) is 34.1 Å². The van der Waals surface area contributed by atoms with Gasteiger partial charge in [-0.15, -0.1) is 10.2 Å². The highest BCUT2D eigenvalue weighted by Gasteiger charge is 2.23. The average Bonchev–Trinajstić information content (AvgIpc) is 2.85. The van der Waals surface area contributed by atoms with Crippen LogP contribution in [0, 0.1) is 0 Å².